The molecule has 0 aliphatic rings. The maximum Gasteiger partial charge on any atom is 0.357 e. The summed E-state index contributed by atoms with van der Waals surface area (Å²) >= 11 is 0. The smallest absolute Gasteiger partial charge is 0.357 e. The standard InChI is InChI=1S/C22H17N3O5/c1-28-21(26)18-19(15-8-6-7-14(11-15)17-12-23-13-30-17)24-25(20(18)22(27)29-2)16-9-4-3-5-10-16/h3-13H,1-2H3. The number of benzene rings is 2. The van der Waals surface area contributed by atoms with E-state index < -0.39 is 11.9 Å². The van der Waals surface area contributed by atoms with E-state index in [0.29, 0.717) is 17.0 Å². The minimum Gasteiger partial charge on any atom is -0.465 e. The van der Waals surface area contributed by atoms with Gasteiger partial charge in [0.1, 0.15) is 11.3 Å². The van der Waals surface area contributed by atoms with Crippen LogP contribution in [-0.4, -0.2) is 40.9 Å². The van der Waals surface area contributed by atoms with E-state index in [2.05, 4.69) is 10.1 Å². The van der Waals surface area contributed by atoms with Gasteiger partial charge in [-0.25, -0.2) is 19.3 Å². The van der Waals surface area contributed by atoms with E-state index in [1.807, 2.05) is 12.1 Å². The Labute approximate surface area is 171 Å². The number of oxazole rings is 1. The third-order valence-corrected chi connectivity index (χ3v) is 4.51. The first-order chi connectivity index (χ1) is 14.6. The molecule has 0 N–H and O–H groups in total. The molecular formula is C22H17N3O5. The van der Waals surface area contributed by atoms with Gasteiger partial charge in [-0.1, -0.05) is 36.4 Å². The zero-order valence-corrected chi connectivity index (χ0v) is 16.2. The minimum absolute atomic E-state index is 0.0166. The van der Waals surface area contributed by atoms with Crippen LogP contribution in [0.4, 0.5) is 0 Å². The summed E-state index contributed by atoms with van der Waals surface area (Å²) in [7, 11) is 2.49. The molecule has 0 amide bonds. The van der Waals surface area contributed by atoms with Crippen LogP contribution in [0.25, 0.3) is 28.3 Å². The average Bonchev–Trinajstić information content (AvgIpc) is 3.47. The molecule has 0 saturated carbocycles. The Morgan fingerprint density at radius 3 is 2.33 bits per heavy atom. The largest absolute Gasteiger partial charge is 0.465 e. The Hall–Kier alpha value is -4.20. The molecule has 0 spiro atoms. The number of carbonyl (C=O) groups is 2. The summed E-state index contributed by atoms with van der Waals surface area (Å²) in [6.45, 7) is 0. The van der Waals surface area contributed by atoms with E-state index in [1.54, 1.807) is 48.7 Å². The van der Waals surface area contributed by atoms with Crippen molar-refractivity contribution in [2.45, 2.75) is 0 Å². The zero-order valence-electron chi connectivity index (χ0n) is 16.2. The van der Waals surface area contributed by atoms with Gasteiger partial charge in [0.25, 0.3) is 0 Å². The zero-order chi connectivity index (χ0) is 21.1. The summed E-state index contributed by atoms with van der Waals surface area (Å²) in [5.41, 5.74) is 2.23. The quantitative estimate of drug-likeness (QED) is 0.468. The molecule has 0 bridgehead atoms. The van der Waals surface area contributed by atoms with Gasteiger partial charge < -0.3 is 13.9 Å². The summed E-state index contributed by atoms with van der Waals surface area (Å²) in [6, 6.07) is 16.2. The lowest BCUT2D eigenvalue weighted by Gasteiger charge is -2.07. The highest BCUT2D eigenvalue weighted by molar-refractivity contribution is 6.07. The molecule has 2 heterocycles. The maximum atomic E-state index is 12.7. The summed E-state index contributed by atoms with van der Waals surface area (Å²) in [6.07, 6.45) is 2.92. The molecule has 8 heteroatoms. The molecule has 4 rings (SSSR count). The highest BCUT2D eigenvalue weighted by Crippen LogP contribution is 2.31. The van der Waals surface area contributed by atoms with Gasteiger partial charge in [0.2, 0.25) is 0 Å². The fourth-order valence-electron chi connectivity index (χ4n) is 3.13. The van der Waals surface area contributed by atoms with Crippen molar-refractivity contribution in [3.8, 4) is 28.3 Å². The molecule has 2 aromatic carbocycles. The fourth-order valence-corrected chi connectivity index (χ4v) is 3.13. The van der Waals surface area contributed by atoms with Crippen LogP contribution in [0, 0.1) is 0 Å². The number of esters is 2. The van der Waals surface area contributed by atoms with Crippen LogP contribution < -0.4 is 0 Å². The molecular weight excluding hydrogens is 386 g/mol. The van der Waals surface area contributed by atoms with Crippen molar-refractivity contribution in [3.63, 3.8) is 0 Å². The molecule has 8 nitrogen and oxygen atoms in total. The number of hydrogen-bond acceptors (Lipinski definition) is 7. The molecule has 0 fully saturated rings. The molecule has 0 saturated heterocycles. The monoisotopic (exact) mass is 403 g/mol. The molecule has 0 aliphatic carbocycles. The topological polar surface area (TPSA) is 96.5 Å². The van der Waals surface area contributed by atoms with Crippen molar-refractivity contribution in [2.75, 3.05) is 14.2 Å². The lowest BCUT2D eigenvalue weighted by Crippen LogP contribution is -2.15. The Balaban J connectivity index is 1.98. The SMILES string of the molecule is COC(=O)c1c(-c2cccc(-c3cnco3)c2)nn(-c2ccccc2)c1C(=O)OC. The second kappa shape index (κ2) is 8.04. The van der Waals surface area contributed by atoms with Crippen molar-refractivity contribution in [2.24, 2.45) is 0 Å². The van der Waals surface area contributed by atoms with Crippen LogP contribution in [0.15, 0.2) is 71.6 Å². The summed E-state index contributed by atoms with van der Waals surface area (Å²) in [5.74, 6) is -0.839. The normalized spacial score (nSPS) is 10.6. The number of nitrogens with zero attached hydrogens (tertiary/aromatic N) is 3. The van der Waals surface area contributed by atoms with Gasteiger partial charge in [-0.15, -0.1) is 0 Å². The number of carbonyl (C=O) groups excluding carboxylic acids is 2. The first-order valence-electron chi connectivity index (χ1n) is 8.98. The number of aromatic nitrogens is 3. The van der Waals surface area contributed by atoms with Crippen LogP contribution in [0.2, 0.25) is 0 Å². The average molecular weight is 403 g/mol. The van der Waals surface area contributed by atoms with E-state index in [-0.39, 0.29) is 17.0 Å². The third kappa shape index (κ3) is 3.35. The van der Waals surface area contributed by atoms with E-state index in [1.165, 1.54) is 25.3 Å². The predicted molar refractivity (Wildman–Crippen MR) is 107 cm³/mol. The molecule has 30 heavy (non-hydrogen) atoms. The van der Waals surface area contributed by atoms with Crippen molar-refractivity contribution >= 4 is 11.9 Å². The van der Waals surface area contributed by atoms with Crippen LogP contribution in [0.3, 0.4) is 0 Å². The Morgan fingerprint density at radius 2 is 1.67 bits per heavy atom. The van der Waals surface area contributed by atoms with Gasteiger partial charge in [0.05, 0.1) is 26.1 Å². The number of hydrogen-bond donors (Lipinski definition) is 0. The van der Waals surface area contributed by atoms with Gasteiger partial charge in [0, 0.05) is 11.1 Å². The predicted octanol–water partition coefficient (Wildman–Crippen LogP) is 3.77. The third-order valence-electron chi connectivity index (χ3n) is 4.51. The number of methoxy groups -OCH3 is 2. The van der Waals surface area contributed by atoms with Gasteiger partial charge in [-0.05, 0) is 18.2 Å². The Morgan fingerprint density at radius 1 is 0.933 bits per heavy atom. The van der Waals surface area contributed by atoms with Gasteiger partial charge >= 0.3 is 11.9 Å². The van der Waals surface area contributed by atoms with Gasteiger partial charge in [-0.2, -0.15) is 5.10 Å². The molecule has 0 radical (unpaired) electrons. The number of ether oxygens (including phenoxy) is 2. The summed E-state index contributed by atoms with van der Waals surface area (Å²) in [5, 5.41) is 4.58. The van der Waals surface area contributed by atoms with Crippen LogP contribution in [0.5, 0.6) is 0 Å². The fraction of sp³-hybridized carbons (Fsp3) is 0.0909. The van der Waals surface area contributed by atoms with Gasteiger partial charge in [0.15, 0.2) is 17.8 Å². The molecule has 150 valence electrons. The van der Waals surface area contributed by atoms with E-state index in [4.69, 9.17) is 13.9 Å². The number of para-hydroxylation sites is 1. The summed E-state index contributed by atoms with van der Waals surface area (Å²) in [4.78, 5) is 29.3. The van der Waals surface area contributed by atoms with E-state index in [0.717, 1.165) is 5.56 Å². The van der Waals surface area contributed by atoms with E-state index in [9.17, 15) is 9.59 Å². The highest BCUT2D eigenvalue weighted by Gasteiger charge is 2.31. The van der Waals surface area contributed by atoms with Crippen LogP contribution >= 0.6 is 0 Å². The summed E-state index contributed by atoms with van der Waals surface area (Å²) < 4.78 is 16.6. The molecule has 2 aromatic heterocycles. The van der Waals surface area contributed by atoms with Crippen molar-refractivity contribution in [1.29, 1.82) is 0 Å². The number of rotatable bonds is 5. The molecule has 0 unspecified atom stereocenters. The molecule has 0 aliphatic heterocycles. The van der Waals surface area contributed by atoms with Crippen LogP contribution in [-0.2, 0) is 9.47 Å². The maximum absolute atomic E-state index is 12.7. The highest BCUT2D eigenvalue weighted by atomic mass is 16.5. The molecule has 0 atom stereocenters. The van der Waals surface area contributed by atoms with Crippen molar-refractivity contribution in [3.05, 3.63) is 78.4 Å². The van der Waals surface area contributed by atoms with Gasteiger partial charge in [-0.3, -0.25) is 0 Å². The lowest BCUT2D eigenvalue weighted by atomic mass is 10.0. The second-order valence-corrected chi connectivity index (χ2v) is 6.25. The van der Waals surface area contributed by atoms with Crippen LogP contribution in [0.1, 0.15) is 20.8 Å². The first kappa shape index (κ1) is 19.1. The van der Waals surface area contributed by atoms with E-state index >= 15 is 0 Å². The van der Waals surface area contributed by atoms with Crippen molar-refractivity contribution in [1.82, 2.24) is 14.8 Å². The second-order valence-electron chi connectivity index (χ2n) is 6.25. The molecule has 4 aromatic rings. The lowest BCUT2D eigenvalue weighted by molar-refractivity contribution is 0.0549. The Kier molecular flexibility index (Phi) is 5.13. The van der Waals surface area contributed by atoms with Crippen molar-refractivity contribution < 1.29 is 23.5 Å². The minimum atomic E-state index is -0.704. The Bertz CT molecular complexity index is 1200. The first-order valence-corrected chi connectivity index (χ1v) is 8.98.